The van der Waals surface area contributed by atoms with Crippen molar-refractivity contribution in [3.8, 4) is 0 Å². The van der Waals surface area contributed by atoms with E-state index in [-0.39, 0.29) is 0 Å². The van der Waals surface area contributed by atoms with Crippen LogP contribution >= 0.6 is 0 Å². The summed E-state index contributed by atoms with van der Waals surface area (Å²) in [5.74, 6) is 0.740. The van der Waals surface area contributed by atoms with Crippen molar-refractivity contribution in [1.29, 1.82) is 0 Å². The minimum absolute atomic E-state index is 0.359. The molecule has 0 aromatic heterocycles. The van der Waals surface area contributed by atoms with Gasteiger partial charge in [-0.3, -0.25) is 0 Å². The molecular formula is C14H31NO2. The SMILES string of the molecule is CC(C)CCOCCNCCCCOC(C)C. The minimum atomic E-state index is 0.359. The fourth-order valence-corrected chi connectivity index (χ4v) is 1.36. The Balaban J connectivity index is 2.94. The van der Waals surface area contributed by atoms with Gasteiger partial charge in [0.2, 0.25) is 0 Å². The van der Waals surface area contributed by atoms with Crippen molar-refractivity contribution < 1.29 is 9.47 Å². The second-order valence-corrected chi connectivity index (χ2v) is 5.17. The van der Waals surface area contributed by atoms with Gasteiger partial charge in [0.15, 0.2) is 0 Å². The van der Waals surface area contributed by atoms with Gasteiger partial charge in [-0.05, 0) is 45.6 Å². The first-order valence-corrected chi connectivity index (χ1v) is 7.03. The smallest absolute Gasteiger partial charge is 0.0590 e. The van der Waals surface area contributed by atoms with E-state index in [9.17, 15) is 0 Å². The maximum absolute atomic E-state index is 5.52. The maximum atomic E-state index is 5.52. The maximum Gasteiger partial charge on any atom is 0.0590 e. The van der Waals surface area contributed by atoms with Crippen molar-refractivity contribution in [2.75, 3.05) is 32.9 Å². The summed E-state index contributed by atoms with van der Waals surface area (Å²) < 4.78 is 11.0. The van der Waals surface area contributed by atoms with E-state index in [1.165, 1.54) is 6.42 Å². The minimum Gasteiger partial charge on any atom is -0.380 e. The molecule has 0 aromatic rings. The second-order valence-electron chi connectivity index (χ2n) is 5.17. The van der Waals surface area contributed by atoms with Gasteiger partial charge >= 0.3 is 0 Å². The van der Waals surface area contributed by atoms with Gasteiger partial charge in [-0.25, -0.2) is 0 Å². The predicted molar refractivity (Wildman–Crippen MR) is 73.5 cm³/mol. The van der Waals surface area contributed by atoms with Crippen molar-refractivity contribution >= 4 is 0 Å². The predicted octanol–water partition coefficient (Wildman–Crippen LogP) is 2.84. The lowest BCUT2D eigenvalue weighted by atomic mass is 10.1. The first-order valence-electron chi connectivity index (χ1n) is 7.03. The summed E-state index contributed by atoms with van der Waals surface area (Å²) in [5, 5.41) is 3.38. The highest BCUT2D eigenvalue weighted by Gasteiger charge is 1.95. The summed E-state index contributed by atoms with van der Waals surface area (Å²) in [6.45, 7) is 13.2. The van der Waals surface area contributed by atoms with Crippen molar-refractivity contribution in [3.05, 3.63) is 0 Å². The molecule has 3 nitrogen and oxygen atoms in total. The topological polar surface area (TPSA) is 30.5 Å². The molecule has 0 aliphatic carbocycles. The number of ether oxygens (including phenoxy) is 2. The normalized spacial score (nSPS) is 11.6. The first kappa shape index (κ1) is 16.9. The number of nitrogens with one attached hydrogen (secondary N) is 1. The largest absolute Gasteiger partial charge is 0.380 e. The third-order valence-corrected chi connectivity index (χ3v) is 2.46. The lowest BCUT2D eigenvalue weighted by Gasteiger charge is -2.08. The molecule has 1 N–H and O–H groups in total. The van der Waals surface area contributed by atoms with Crippen LogP contribution in [0.15, 0.2) is 0 Å². The molecule has 0 saturated carbocycles. The standard InChI is InChI=1S/C14H31NO2/c1-13(2)7-11-16-12-9-15-8-5-6-10-17-14(3)4/h13-15H,5-12H2,1-4H3. The van der Waals surface area contributed by atoms with Crippen LogP contribution in [-0.2, 0) is 9.47 Å². The molecule has 3 heteroatoms. The fraction of sp³-hybridized carbons (Fsp3) is 1.00. The molecule has 0 aliphatic rings. The molecule has 0 radical (unpaired) electrons. The monoisotopic (exact) mass is 245 g/mol. The van der Waals surface area contributed by atoms with Crippen molar-refractivity contribution in [2.45, 2.75) is 53.1 Å². The Labute approximate surface area is 107 Å². The average Bonchev–Trinajstić information content (AvgIpc) is 2.25. The van der Waals surface area contributed by atoms with Crippen LogP contribution in [0.2, 0.25) is 0 Å². The quantitative estimate of drug-likeness (QED) is 0.536. The molecule has 0 atom stereocenters. The summed E-state index contributed by atoms with van der Waals surface area (Å²) in [6.07, 6.45) is 3.84. The molecule has 0 rings (SSSR count). The van der Waals surface area contributed by atoms with Crippen LogP contribution in [0.1, 0.15) is 47.0 Å². The highest BCUT2D eigenvalue weighted by atomic mass is 16.5. The molecule has 0 heterocycles. The highest BCUT2D eigenvalue weighted by molar-refractivity contribution is 4.49. The van der Waals surface area contributed by atoms with Crippen LogP contribution in [0, 0.1) is 5.92 Å². The van der Waals surface area contributed by atoms with Crippen molar-refractivity contribution in [2.24, 2.45) is 5.92 Å². The molecule has 0 saturated heterocycles. The molecule has 0 bridgehead atoms. The Morgan fingerprint density at radius 2 is 1.65 bits per heavy atom. The third kappa shape index (κ3) is 15.9. The van der Waals surface area contributed by atoms with Gasteiger partial charge in [0.25, 0.3) is 0 Å². The summed E-state index contributed by atoms with van der Waals surface area (Å²) in [4.78, 5) is 0. The van der Waals surface area contributed by atoms with E-state index in [4.69, 9.17) is 9.47 Å². The van der Waals surface area contributed by atoms with Gasteiger partial charge in [-0.15, -0.1) is 0 Å². The lowest BCUT2D eigenvalue weighted by Crippen LogP contribution is -2.21. The molecular weight excluding hydrogens is 214 g/mol. The van der Waals surface area contributed by atoms with E-state index in [0.29, 0.717) is 6.10 Å². The average molecular weight is 245 g/mol. The molecule has 0 unspecified atom stereocenters. The van der Waals surface area contributed by atoms with Gasteiger partial charge in [0.1, 0.15) is 0 Å². The van der Waals surface area contributed by atoms with E-state index in [1.807, 2.05) is 0 Å². The van der Waals surface area contributed by atoms with Crippen LogP contribution in [-0.4, -0.2) is 39.0 Å². The van der Waals surface area contributed by atoms with Crippen LogP contribution in [0.5, 0.6) is 0 Å². The van der Waals surface area contributed by atoms with Crippen LogP contribution in [0.4, 0.5) is 0 Å². The zero-order valence-electron chi connectivity index (χ0n) is 12.1. The lowest BCUT2D eigenvalue weighted by molar-refractivity contribution is 0.0758. The summed E-state index contributed by atoms with van der Waals surface area (Å²) in [6, 6.07) is 0. The molecule has 0 aliphatic heterocycles. The molecule has 0 fully saturated rings. The van der Waals surface area contributed by atoms with E-state index in [2.05, 4.69) is 33.0 Å². The summed E-state index contributed by atoms with van der Waals surface area (Å²) in [7, 11) is 0. The van der Waals surface area contributed by atoms with Gasteiger partial charge < -0.3 is 14.8 Å². The third-order valence-electron chi connectivity index (χ3n) is 2.46. The highest BCUT2D eigenvalue weighted by Crippen LogP contribution is 1.98. The van der Waals surface area contributed by atoms with Gasteiger partial charge in [-0.1, -0.05) is 13.8 Å². The second kappa shape index (κ2) is 12.3. The number of rotatable bonds is 12. The van der Waals surface area contributed by atoms with Crippen molar-refractivity contribution in [1.82, 2.24) is 5.32 Å². The Morgan fingerprint density at radius 1 is 0.882 bits per heavy atom. The van der Waals surface area contributed by atoms with Crippen LogP contribution < -0.4 is 5.32 Å². The molecule has 0 spiro atoms. The Hall–Kier alpha value is -0.120. The Bertz CT molecular complexity index is 133. The zero-order valence-corrected chi connectivity index (χ0v) is 12.1. The molecule has 0 amide bonds. The van der Waals surface area contributed by atoms with E-state index in [0.717, 1.165) is 51.7 Å². The number of hydrogen-bond acceptors (Lipinski definition) is 3. The molecule has 104 valence electrons. The molecule has 17 heavy (non-hydrogen) atoms. The van der Waals surface area contributed by atoms with E-state index in [1.54, 1.807) is 0 Å². The first-order chi connectivity index (χ1) is 8.13. The number of unbranched alkanes of at least 4 members (excludes halogenated alkanes) is 1. The van der Waals surface area contributed by atoms with E-state index >= 15 is 0 Å². The van der Waals surface area contributed by atoms with Crippen molar-refractivity contribution in [3.63, 3.8) is 0 Å². The van der Waals surface area contributed by atoms with E-state index < -0.39 is 0 Å². The van der Waals surface area contributed by atoms with Crippen LogP contribution in [0.3, 0.4) is 0 Å². The summed E-state index contributed by atoms with van der Waals surface area (Å²) >= 11 is 0. The zero-order chi connectivity index (χ0) is 12.9. The van der Waals surface area contributed by atoms with Gasteiger partial charge in [-0.2, -0.15) is 0 Å². The number of hydrogen-bond donors (Lipinski definition) is 1. The van der Waals surface area contributed by atoms with Gasteiger partial charge in [0.05, 0.1) is 12.7 Å². The molecule has 0 aromatic carbocycles. The fourth-order valence-electron chi connectivity index (χ4n) is 1.36. The summed E-state index contributed by atoms with van der Waals surface area (Å²) in [5.41, 5.74) is 0. The van der Waals surface area contributed by atoms with Crippen LogP contribution in [0.25, 0.3) is 0 Å². The van der Waals surface area contributed by atoms with Gasteiger partial charge in [0, 0.05) is 19.8 Å². The Kier molecular flexibility index (Phi) is 12.3. The Morgan fingerprint density at radius 3 is 2.29 bits per heavy atom.